The fourth-order valence-corrected chi connectivity index (χ4v) is 1.58. The Labute approximate surface area is 100 Å². The Bertz CT molecular complexity index is 399. The molecule has 0 aliphatic carbocycles. The minimum Gasteiger partial charge on any atom is -0.389 e. The summed E-state index contributed by atoms with van der Waals surface area (Å²) >= 11 is 3.02. The molecule has 7 heteroatoms. The van der Waals surface area contributed by atoms with E-state index in [0.29, 0.717) is 5.69 Å². The molecule has 0 saturated carbocycles. The fraction of sp³-hybridized carbons (Fsp3) is 0.444. The SMILES string of the molecule is Cc1ncc([N+](=O)[O-])cc1C(O)C(O)CBr. The number of pyridine rings is 1. The highest BCUT2D eigenvalue weighted by molar-refractivity contribution is 9.09. The predicted octanol–water partition coefficient (Wildman–Crippen LogP) is 1.09. The lowest BCUT2D eigenvalue weighted by atomic mass is 10.0. The molecule has 0 aliphatic heterocycles. The monoisotopic (exact) mass is 290 g/mol. The zero-order valence-corrected chi connectivity index (χ0v) is 10.1. The van der Waals surface area contributed by atoms with Gasteiger partial charge in [0.1, 0.15) is 12.3 Å². The maximum atomic E-state index is 10.5. The second kappa shape index (κ2) is 5.33. The van der Waals surface area contributed by atoms with E-state index in [-0.39, 0.29) is 16.6 Å². The molecule has 1 aromatic heterocycles. The number of aliphatic hydroxyl groups excluding tert-OH is 2. The Morgan fingerprint density at radius 1 is 1.62 bits per heavy atom. The largest absolute Gasteiger partial charge is 0.389 e. The molecule has 0 spiro atoms. The molecule has 1 heterocycles. The molecule has 16 heavy (non-hydrogen) atoms. The van der Waals surface area contributed by atoms with E-state index >= 15 is 0 Å². The standard InChI is InChI=1S/C9H11BrN2O4/c1-5-7(9(14)8(13)3-10)2-6(4-11-5)12(15)16/h2,4,8-9,13-14H,3H2,1H3. The molecular formula is C9H11BrN2O4. The highest BCUT2D eigenvalue weighted by Gasteiger charge is 2.22. The maximum Gasteiger partial charge on any atom is 0.287 e. The molecule has 88 valence electrons. The van der Waals surface area contributed by atoms with Crippen LogP contribution in [-0.2, 0) is 0 Å². The Morgan fingerprint density at radius 3 is 2.75 bits per heavy atom. The van der Waals surface area contributed by atoms with E-state index < -0.39 is 17.1 Å². The topological polar surface area (TPSA) is 96.5 Å². The lowest BCUT2D eigenvalue weighted by Gasteiger charge is -2.16. The van der Waals surface area contributed by atoms with Crippen LogP contribution in [0.2, 0.25) is 0 Å². The third-order valence-corrected chi connectivity index (χ3v) is 2.83. The van der Waals surface area contributed by atoms with E-state index in [4.69, 9.17) is 0 Å². The van der Waals surface area contributed by atoms with Crippen LogP contribution < -0.4 is 0 Å². The molecule has 0 aromatic carbocycles. The van der Waals surface area contributed by atoms with Crippen LogP contribution in [-0.4, -0.2) is 31.6 Å². The normalized spacial score (nSPS) is 14.5. The van der Waals surface area contributed by atoms with E-state index in [2.05, 4.69) is 20.9 Å². The van der Waals surface area contributed by atoms with Gasteiger partial charge in [-0.1, -0.05) is 15.9 Å². The van der Waals surface area contributed by atoms with Gasteiger partial charge in [-0.05, 0) is 6.92 Å². The fourth-order valence-electron chi connectivity index (χ4n) is 1.23. The number of aryl methyl sites for hydroxylation is 1. The van der Waals surface area contributed by atoms with Crippen molar-refractivity contribution in [2.45, 2.75) is 19.1 Å². The molecule has 0 bridgehead atoms. The third kappa shape index (κ3) is 2.75. The van der Waals surface area contributed by atoms with Gasteiger partial charge < -0.3 is 10.2 Å². The number of rotatable bonds is 4. The zero-order chi connectivity index (χ0) is 12.3. The first-order valence-corrected chi connectivity index (χ1v) is 5.62. The number of nitrogens with zero attached hydrogens (tertiary/aromatic N) is 2. The van der Waals surface area contributed by atoms with Crippen LogP contribution in [0.5, 0.6) is 0 Å². The molecule has 0 saturated heterocycles. The number of hydrogen-bond acceptors (Lipinski definition) is 5. The Balaban J connectivity index is 3.11. The Hall–Kier alpha value is -1.05. The molecule has 1 aromatic rings. The number of nitro groups is 1. The van der Waals surface area contributed by atoms with Crippen molar-refractivity contribution in [3.05, 3.63) is 33.6 Å². The van der Waals surface area contributed by atoms with Crippen LogP contribution >= 0.6 is 15.9 Å². The van der Waals surface area contributed by atoms with Gasteiger partial charge >= 0.3 is 0 Å². The number of aliphatic hydroxyl groups is 2. The second-order valence-electron chi connectivity index (χ2n) is 3.29. The molecular weight excluding hydrogens is 280 g/mol. The zero-order valence-electron chi connectivity index (χ0n) is 8.50. The van der Waals surface area contributed by atoms with Crippen molar-refractivity contribution in [1.29, 1.82) is 0 Å². The molecule has 0 radical (unpaired) electrons. The summed E-state index contributed by atoms with van der Waals surface area (Å²) in [6.45, 7) is 1.61. The van der Waals surface area contributed by atoms with E-state index in [1.54, 1.807) is 6.92 Å². The average Bonchev–Trinajstić information content (AvgIpc) is 2.27. The summed E-state index contributed by atoms with van der Waals surface area (Å²) in [4.78, 5) is 13.8. The van der Waals surface area contributed by atoms with Gasteiger partial charge in [0.05, 0.1) is 11.0 Å². The summed E-state index contributed by atoms with van der Waals surface area (Å²) in [5, 5.41) is 29.9. The highest BCUT2D eigenvalue weighted by Crippen LogP contribution is 2.24. The van der Waals surface area contributed by atoms with E-state index in [1.165, 1.54) is 6.07 Å². The van der Waals surface area contributed by atoms with Gasteiger partial charge in [0.15, 0.2) is 0 Å². The van der Waals surface area contributed by atoms with Crippen LogP contribution in [0.3, 0.4) is 0 Å². The first kappa shape index (κ1) is 13.0. The van der Waals surface area contributed by atoms with Crippen LogP contribution in [0, 0.1) is 17.0 Å². The number of alkyl halides is 1. The number of aromatic nitrogens is 1. The molecule has 2 N–H and O–H groups in total. The number of hydrogen-bond donors (Lipinski definition) is 2. The van der Waals surface area contributed by atoms with E-state index in [9.17, 15) is 20.3 Å². The summed E-state index contributed by atoms with van der Waals surface area (Å²) < 4.78 is 0. The molecule has 6 nitrogen and oxygen atoms in total. The van der Waals surface area contributed by atoms with Crippen LogP contribution in [0.1, 0.15) is 17.4 Å². The first-order valence-electron chi connectivity index (χ1n) is 4.50. The third-order valence-electron chi connectivity index (χ3n) is 2.16. The van der Waals surface area contributed by atoms with Crippen molar-refractivity contribution in [3.63, 3.8) is 0 Å². The van der Waals surface area contributed by atoms with Crippen LogP contribution in [0.4, 0.5) is 5.69 Å². The van der Waals surface area contributed by atoms with E-state index in [1.807, 2.05) is 0 Å². The lowest BCUT2D eigenvalue weighted by molar-refractivity contribution is -0.385. The van der Waals surface area contributed by atoms with E-state index in [0.717, 1.165) is 6.20 Å². The summed E-state index contributed by atoms with van der Waals surface area (Å²) in [5.74, 6) is 0. The van der Waals surface area contributed by atoms with Crippen molar-refractivity contribution in [2.24, 2.45) is 0 Å². The second-order valence-corrected chi connectivity index (χ2v) is 3.94. The van der Waals surface area contributed by atoms with Gasteiger partial charge in [-0.2, -0.15) is 0 Å². The van der Waals surface area contributed by atoms with Gasteiger partial charge in [0.2, 0.25) is 0 Å². The van der Waals surface area contributed by atoms with Gasteiger partial charge in [0, 0.05) is 22.7 Å². The molecule has 0 fully saturated rings. The molecule has 0 amide bonds. The van der Waals surface area contributed by atoms with Crippen molar-refractivity contribution < 1.29 is 15.1 Å². The van der Waals surface area contributed by atoms with Gasteiger partial charge in [-0.25, -0.2) is 0 Å². The van der Waals surface area contributed by atoms with Crippen molar-refractivity contribution in [2.75, 3.05) is 5.33 Å². The van der Waals surface area contributed by atoms with Crippen molar-refractivity contribution >= 4 is 21.6 Å². The highest BCUT2D eigenvalue weighted by atomic mass is 79.9. The van der Waals surface area contributed by atoms with Crippen LogP contribution in [0.25, 0.3) is 0 Å². The van der Waals surface area contributed by atoms with Gasteiger partial charge in [-0.3, -0.25) is 15.1 Å². The Morgan fingerprint density at radius 2 is 2.25 bits per heavy atom. The summed E-state index contributed by atoms with van der Waals surface area (Å²) in [5.41, 5.74) is 0.515. The minimum absolute atomic E-state index is 0.177. The van der Waals surface area contributed by atoms with Gasteiger partial charge in [-0.15, -0.1) is 0 Å². The Kier molecular flexibility index (Phi) is 4.34. The predicted molar refractivity (Wildman–Crippen MR) is 60.4 cm³/mol. The van der Waals surface area contributed by atoms with Crippen molar-refractivity contribution in [1.82, 2.24) is 4.98 Å². The summed E-state index contributed by atoms with van der Waals surface area (Å²) in [6.07, 6.45) is -1.10. The molecule has 0 aliphatic rings. The first-order chi connectivity index (χ1) is 7.47. The molecule has 2 atom stereocenters. The van der Waals surface area contributed by atoms with Gasteiger partial charge in [0.25, 0.3) is 5.69 Å². The lowest BCUT2D eigenvalue weighted by Crippen LogP contribution is -2.20. The molecule has 1 rings (SSSR count). The molecule has 2 unspecified atom stereocenters. The maximum absolute atomic E-state index is 10.5. The smallest absolute Gasteiger partial charge is 0.287 e. The summed E-state index contributed by atoms with van der Waals surface area (Å²) in [7, 11) is 0. The average molecular weight is 291 g/mol. The quantitative estimate of drug-likeness (QED) is 0.491. The van der Waals surface area contributed by atoms with Crippen LogP contribution in [0.15, 0.2) is 12.3 Å². The minimum atomic E-state index is -1.19. The summed E-state index contributed by atoms with van der Waals surface area (Å²) in [6, 6.07) is 1.22. The van der Waals surface area contributed by atoms with Crippen molar-refractivity contribution in [3.8, 4) is 0 Å². The number of halogens is 1.